The van der Waals surface area contributed by atoms with Crippen molar-refractivity contribution < 1.29 is 9.59 Å². The van der Waals surface area contributed by atoms with Crippen LogP contribution in [0.2, 0.25) is 0 Å². The maximum atomic E-state index is 12.9. The Kier molecular flexibility index (Phi) is 5.27. The van der Waals surface area contributed by atoms with Crippen LogP contribution in [0.15, 0.2) is 0 Å². The number of nitrogens with one attached hydrogen (secondary N) is 1. The Balaban J connectivity index is 1.24. The molecule has 0 aromatic heterocycles. The zero-order valence-corrected chi connectivity index (χ0v) is 15.3. The van der Waals surface area contributed by atoms with E-state index in [9.17, 15) is 9.59 Å². The fourth-order valence-electron chi connectivity index (χ4n) is 5.14. The second-order valence-corrected chi connectivity index (χ2v) is 8.30. The Hall–Kier alpha value is -1.14. The number of rotatable bonds is 3. The van der Waals surface area contributed by atoms with Crippen LogP contribution in [-0.4, -0.2) is 84.4 Å². The smallest absolute Gasteiger partial charge is 0.239 e. The van der Waals surface area contributed by atoms with Gasteiger partial charge in [0.25, 0.3) is 0 Å². The molecule has 3 aliphatic heterocycles. The average Bonchev–Trinajstić information content (AvgIpc) is 3.30. The van der Waals surface area contributed by atoms with Gasteiger partial charge in [-0.15, -0.1) is 0 Å². The fraction of sp³-hybridized carbons (Fsp3) is 0.895. The number of hydrogen-bond donors (Lipinski definition) is 1. The van der Waals surface area contributed by atoms with Crippen molar-refractivity contribution in [2.45, 2.75) is 57.0 Å². The number of hydrogen-bond acceptors (Lipinski definition) is 4. The summed E-state index contributed by atoms with van der Waals surface area (Å²) >= 11 is 0. The third kappa shape index (κ3) is 3.85. The monoisotopic (exact) mass is 348 g/mol. The van der Waals surface area contributed by atoms with Crippen LogP contribution in [0.25, 0.3) is 0 Å². The number of fused-ring (bicyclic) bond motifs is 1. The van der Waals surface area contributed by atoms with Crippen molar-refractivity contribution in [2.75, 3.05) is 45.8 Å². The second kappa shape index (κ2) is 7.62. The zero-order chi connectivity index (χ0) is 17.2. The second-order valence-electron chi connectivity index (χ2n) is 8.30. The lowest BCUT2D eigenvalue weighted by Crippen LogP contribution is -2.55. The molecule has 0 bridgehead atoms. The molecule has 4 fully saturated rings. The van der Waals surface area contributed by atoms with Crippen molar-refractivity contribution in [3.8, 4) is 0 Å². The number of nitrogens with zero attached hydrogens (tertiary/aromatic N) is 3. The first-order valence-corrected chi connectivity index (χ1v) is 10.3. The van der Waals surface area contributed by atoms with Crippen LogP contribution in [0.1, 0.15) is 44.9 Å². The van der Waals surface area contributed by atoms with Gasteiger partial charge in [-0.3, -0.25) is 14.5 Å². The number of piperazine rings is 1. The molecule has 3 saturated heterocycles. The minimum Gasteiger partial charge on any atom is -0.338 e. The van der Waals surface area contributed by atoms with Gasteiger partial charge < -0.3 is 15.1 Å². The van der Waals surface area contributed by atoms with Crippen molar-refractivity contribution in [2.24, 2.45) is 5.92 Å². The maximum Gasteiger partial charge on any atom is 0.239 e. The third-order valence-corrected chi connectivity index (χ3v) is 6.66. The van der Waals surface area contributed by atoms with Gasteiger partial charge in [-0.25, -0.2) is 0 Å². The molecule has 1 aliphatic carbocycles. The van der Waals surface area contributed by atoms with Gasteiger partial charge in [0, 0.05) is 32.2 Å². The number of likely N-dealkylation sites (tertiary alicyclic amines) is 1. The van der Waals surface area contributed by atoms with Crippen molar-refractivity contribution >= 4 is 11.8 Å². The van der Waals surface area contributed by atoms with E-state index in [0.717, 1.165) is 19.5 Å². The van der Waals surface area contributed by atoms with Gasteiger partial charge in [0.1, 0.15) is 0 Å². The first-order valence-electron chi connectivity index (χ1n) is 10.3. The molecule has 0 aromatic carbocycles. The average molecular weight is 348 g/mol. The van der Waals surface area contributed by atoms with E-state index in [-0.39, 0.29) is 17.9 Å². The van der Waals surface area contributed by atoms with Gasteiger partial charge in [-0.2, -0.15) is 0 Å². The number of carbonyl (C=O) groups excluding carboxylic acids is 2. The van der Waals surface area contributed by atoms with E-state index in [2.05, 4.69) is 10.2 Å². The lowest BCUT2D eigenvalue weighted by Gasteiger charge is -2.36. The highest BCUT2D eigenvalue weighted by Gasteiger charge is 2.40. The molecule has 6 heteroatoms. The van der Waals surface area contributed by atoms with Gasteiger partial charge in [-0.1, -0.05) is 12.8 Å². The van der Waals surface area contributed by atoms with Crippen LogP contribution < -0.4 is 5.32 Å². The van der Waals surface area contributed by atoms with Crippen LogP contribution in [0.4, 0.5) is 0 Å². The van der Waals surface area contributed by atoms with Crippen LogP contribution in [0, 0.1) is 5.92 Å². The molecule has 140 valence electrons. The maximum absolute atomic E-state index is 12.9. The summed E-state index contributed by atoms with van der Waals surface area (Å²) < 4.78 is 0. The van der Waals surface area contributed by atoms with E-state index in [1.165, 1.54) is 38.5 Å². The van der Waals surface area contributed by atoms with Crippen LogP contribution >= 0.6 is 0 Å². The van der Waals surface area contributed by atoms with Crippen LogP contribution in [-0.2, 0) is 9.59 Å². The van der Waals surface area contributed by atoms with E-state index in [1.807, 2.05) is 9.80 Å². The normalized spacial score (nSPS) is 33.5. The third-order valence-electron chi connectivity index (χ3n) is 6.66. The minimum absolute atomic E-state index is 0.0138. The molecule has 2 amide bonds. The molecule has 0 radical (unpaired) electrons. The van der Waals surface area contributed by atoms with Gasteiger partial charge >= 0.3 is 0 Å². The highest BCUT2D eigenvalue weighted by molar-refractivity contribution is 5.83. The summed E-state index contributed by atoms with van der Waals surface area (Å²) in [4.78, 5) is 31.5. The van der Waals surface area contributed by atoms with E-state index in [0.29, 0.717) is 44.7 Å². The highest BCUT2D eigenvalue weighted by Crippen LogP contribution is 2.33. The molecular weight excluding hydrogens is 316 g/mol. The zero-order valence-electron chi connectivity index (χ0n) is 15.3. The minimum atomic E-state index is 0.0138. The quantitative estimate of drug-likeness (QED) is 0.815. The fourth-order valence-corrected chi connectivity index (χ4v) is 5.14. The Bertz CT molecular complexity index is 484. The van der Waals surface area contributed by atoms with Crippen molar-refractivity contribution in [3.63, 3.8) is 0 Å². The van der Waals surface area contributed by atoms with E-state index in [4.69, 9.17) is 0 Å². The SMILES string of the molecule is O=C(CN1CCCC1)N1CCN(C(=O)C2CC3CCCCC3N2)CC1. The van der Waals surface area contributed by atoms with Gasteiger partial charge in [0.05, 0.1) is 12.6 Å². The van der Waals surface area contributed by atoms with Crippen molar-refractivity contribution in [3.05, 3.63) is 0 Å². The summed E-state index contributed by atoms with van der Waals surface area (Å²) in [6.45, 7) is 5.44. The molecule has 25 heavy (non-hydrogen) atoms. The molecule has 4 aliphatic rings. The lowest BCUT2D eigenvalue weighted by atomic mass is 9.85. The first-order chi connectivity index (χ1) is 12.2. The molecule has 3 unspecified atom stereocenters. The standard InChI is InChI=1S/C19H32N4O2/c24-18(14-21-7-3-4-8-21)22-9-11-23(12-10-22)19(25)17-13-15-5-1-2-6-16(15)20-17/h15-17,20H,1-14H2. The molecule has 3 heterocycles. The lowest BCUT2D eigenvalue weighted by molar-refractivity contribution is -0.141. The van der Waals surface area contributed by atoms with Crippen molar-refractivity contribution in [1.29, 1.82) is 0 Å². The Morgan fingerprint density at radius 3 is 2.24 bits per heavy atom. The molecule has 0 aromatic rings. The molecule has 1 saturated carbocycles. The molecule has 3 atom stereocenters. The van der Waals surface area contributed by atoms with Crippen molar-refractivity contribution in [1.82, 2.24) is 20.0 Å². The topological polar surface area (TPSA) is 55.9 Å². The highest BCUT2D eigenvalue weighted by atomic mass is 16.2. The summed E-state index contributed by atoms with van der Waals surface area (Å²) in [5, 5.41) is 3.59. The summed E-state index contributed by atoms with van der Waals surface area (Å²) in [6, 6.07) is 0.575. The number of amides is 2. The molecule has 6 nitrogen and oxygen atoms in total. The van der Waals surface area contributed by atoms with Gasteiger partial charge in [-0.05, 0) is 51.1 Å². The molecular formula is C19H32N4O2. The predicted octanol–water partition coefficient (Wildman–Crippen LogP) is 0.674. The summed E-state index contributed by atoms with van der Waals surface area (Å²) in [7, 11) is 0. The van der Waals surface area contributed by atoms with Gasteiger partial charge in [0.2, 0.25) is 11.8 Å². The Morgan fingerprint density at radius 2 is 1.52 bits per heavy atom. The van der Waals surface area contributed by atoms with E-state index < -0.39 is 0 Å². The summed E-state index contributed by atoms with van der Waals surface area (Å²) in [6.07, 6.45) is 8.57. The predicted molar refractivity (Wildman–Crippen MR) is 96.1 cm³/mol. The molecule has 0 spiro atoms. The first kappa shape index (κ1) is 17.3. The summed E-state index contributed by atoms with van der Waals surface area (Å²) in [5.41, 5.74) is 0. The van der Waals surface area contributed by atoms with Crippen LogP contribution in [0.5, 0.6) is 0 Å². The van der Waals surface area contributed by atoms with E-state index in [1.54, 1.807) is 0 Å². The molecule has 4 rings (SSSR count). The number of carbonyl (C=O) groups is 2. The molecule has 1 N–H and O–H groups in total. The van der Waals surface area contributed by atoms with Gasteiger partial charge in [0.15, 0.2) is 0 Å². The Morgan fingerprint density at radius 1 is 0.840 bits per heavy atom. The largest absolute Gasteiger partial charge is 0.338 e. The Labute approximate surface area is 150 Å². The van der Waals surface area contributed by atoms with Crippen LogP contribution in [0.3, 0.4) is 0 Å². The summed E-state index contributed by atoms with van der Waals surface area (Å²) in [5.74, 6) is 1.20. The van der Waals surface area contributed by atoms with E-state index >= 15 is 0 Å².